The number of sulfonamides is 1. The van der Waals surface area contributed by atoms with E-state index in [0.717, 1.165) is 11.3 Å². The minimum atomic E-state index is -3.38. The lowest BCUT2D eigenvalue weighted by Crippen LogP contribution is -2.34. The molecule has 1 amide bonds. The smallest absolute Gasteiger partial charge is 0.271 e. The Kier molecular flexibility index (Phi) is 5.11. The Morgan fingerprint density at radius 2 is 1.96 bits per heavy atom. The third-order valence-electron chi connectivity index (χ3n) is 5.70. The summed E-state index contributed by atoms with van der Waals surface area (Å²) in [4.78, 5) is 14.3. The van der Waals surface area contributed by atoms with Crippen molar-refractivity contribution in [1.82, 2.24) is 19.4 Å². The first kappa shape index (κ1) is 18.9. The van der Waals surface area contributed by atoms with E-state index >= 15 is 0 Å². The van der Waals surface area contributed by atoms with Crippen LogP contribution in [-0.4, -0.2) is 65.7 Å². The van der Waals surface area contributed by atoms with Gasteiger partial charge in [0.25, 0.3) is 5.91 Å². The predicted octanol–water partition coefficient (Wildman–Crippen LogP) is 1.48. The first-order valence-electron chi connectivity index (χ1n) is 9.39. The Labute approximate surface area is 164 Å². The molecule has 8 nitrogen and oxygen atoms in total. The highest BCUT2D eigenvalue weighted by Gasteiger charge is 2.47. The first-order valence-corrected chi connectivity index (χ1v) is 10.9. The van der Waals surface area contributed by atoms with Crippen LogP contribution in [0.15, 0.2) is 36.5 Å². The SMILES string of the molecule is COc1ccc(CN2C[C@@H]3CCN(C(=O)c4ccn[nH]4)CC[C@@H]3S2(=O)=O)cc1. The molecule has 0 radical (unpaired) electrons. The van der Waals surface area contributed by atoms with E-state index in [1.54, 1.807) is 28.6 Å². The van der Waals surface area contributed by atoms with Crippen LogP contribution in [0, 0.1) is 5.92 Å². The number of likely N-dealkylation sites (tertiary alicyclic amines) is 1. The van der Waals surface area contributed by atoms with Gasteiger partial charge in [-0.05, 0) is 42.5 Å². The number of H-pyrrole nitrogens is 1. The van der Waals surface area contributed by atoms with E-state index < -0.39 is 15.3 Å². The molecule has 2 atom stereocenters. The summed E-state index contributed by atoms with van der Waals surface area (Å²) in [6, 6.07) is 9.12. The molecule has 3 heterocycles. The molecule has 2 aliphatic rings. The van der Waals surface area contributed by atoms with Crippen LogP contribution < -0.4 is 4.74 Å². The topological polar surface area (TPSA) is 95.6 Å². The molecule has 2 aliphatic heterocycles. The zero-order valence-corrected chi connectivity index (χ0v) is 16.6. The molecule has 2 aromatic rings. The summed E-state index contributed by atoms with van der Waals surface area (Å²) >= 11 is 0. The maximum atomic E-state index is 13.1. The number of carbonyl (C=O) groups is 1. The number of nitrogens with one attached hydrogen (secondary N) is 1. The number of aromatic nitrogens is 2. The molecule has 1 aromatic heterocycles. The Bertz CT molecular complexity index is 927. The predicted molar refractivity (Wildman–Crippen MR) is 103 cm³/mol. The number of aromatic amines is 1. The number of hydrogen-bond acceptors (Lipinski definition) is 5. The van der Waals surface area contributed by atoms with E-state index in [9.17, 15) is 13.2 Å². The van der Waals surface area contributed by atoms with E-state index in [4.69, 9.17) is 4.74 Å². The second-order valence-electron chi connectivity index (χ2n) is 7.32. The van der Waals surface area contributed by atoms with Crippen molar-refractivity contribution in [3.63, 3.8) is 0 Å². The van der Waals surface area contributed by atoms with Crippen LogP contribution in [0.25, 0.3) is 0 Å². The number of nitrogens with zero attached hydrogens (tertiary/aromatic N) is 3. The van der Waals surface area contributed by atoms with Crippen molar-refractivity contribution in [2.75, 3.05) is 26.7 Å². The van der Waals surface area contributed by atoms with Crippen molar-refractivity contribution in [2.24, 2.45) is 5.92 Å². The van der Waals surface area contributed by atoms with Crippen molar-refractivity contribution < 1.29 is 17.9 Å². The Morgan fingerprint density at radius 1 is 1.21 bits per heavy atom. The monoisotopic (exact) mass is 404 g/mol. The van der Waals surface area contributed by atoms with Gasteiger partial charge in [-0.2, -0.15) is 9.40 Å². The summed E-state index contributed by atoms with van der Waals surface area (Å²) in [6.07, 6.45) is 2.69. The lowest BCUT2D eigenvalue weighted by atomic mass is 10.0. The van der Waals surface area contributed by atoms with Crippen molar-refractivity contribution in [3.8, 4) is 5.75 Å². The second kappa shape index (κ2) is 7.56. The van der Waals surface area contributed by atoms with Crippen LogP contribution in [-0.2, 0) is 16.6 Å². The standard InChI is InChI=1S/C19H24N4O4S/c1-27-16-4-2-14(3-5-16)12-23-13-15-7-10-22(11-8-18(15)28(23,25)26)19(24)17-6-9-20-21-17/h2-6,9,15,18H,7-8,10-13H2,1H3,(H,20,21)/t15-,18-/m0/s1. The van der Waals surface area contributed by atoms with Crippen LogP contribution in [0.1, 0.15) is 28.9 Å². The average molecular weight is 404 g/mol. The van der Waals surface area contributed by atoms with Gasteiger partial charge >= 0.3 is 0 Å². The van der Waals surface area contributed by atoms with Gasteiger partial charge < -0.3 is 9.64 Å². The molecule has 0 spiro atoms. The van der Waals surface area contributed by atoms with Gasteiger partial charge in [-0.3, -0.25) is 9.89 Å². The molecule has 9 heteroatoms. The number of benzene rings is 1. The van der Waals surface area contributed by atoms with Gasteiger partial charge in [-0.25, -0.2) is 8.42 Å². The van der Waals surface area contributed by atoms with E-state index in [1.807, 2.05) is 24.3 Å². The van der Waals surface area contributed by atoms with Gasteiger partial charge in [0, 0.05) is 32.4 Å². The third kappa shape index (κ3) is 3.51. The minimum absolute atomic E-state index is 0.0443. The van der Waals surface area contributed by atoms with Gasteiger partial charge in [-0.1, -0.05) is 12.1 Å². The molecule has 0 bridgehead atoms. The first-order chi connectivity index (χ1) is 13.5. The molecular weight excluding hydrogens is 380 g/mol. The lowest BCUT2D eigenvalue weighted by molar-refractivity contribution is 0.0753. The second-order valence-corrected chi connectivity index (χ2v) is 9.48. The van der Waals surface area contributed by atoms with Crippen molar-refractivity contribution >= 4 is 15.9 Å². The third-order valence-corrected chi connectivity index (χ3v) is 8.08. The lowest BCUT2D eigenvalue weighted by Gasteiger charge is -2.21. The number of rotatable bonds is 4. The fraction of sp³-hybridized carbons (Fsp3) is 0.474. The summed E-state index contributed by atoms with van der Waals surface area (Å²) in [5, 5.41) is 6.08. The number of methoxy groups -OCH3 is 1. The molecule has 4 rings (SSSR count). The summed E-state index contributed by atoms with van der Waals surface area (Å²) in [5.41, 5.74) is 1.38. The van der Waals surface area contributed by atoms with Crippen LogP contribution in [0.3, 0.4) is 0 Å². The van der Waals surface area contributed by atoms with E-state index in [1.165, 1.54) is 0 Å². The van der Waals surface area contributed by atoms with Gasteiger partial charge in [0.2, 0.25) is 10.0 Å². The molecular formula is C19H24N4O4S. The summed E-state index contributed by atoms with van der Waals surface area (Å²) < 4.78 is 32.9. The molecule has 0 saturated carbocycles. The average Bonchev–Trinajstić information content (AvgIpc) is 3.24. The number of carbonyl (C=O) groups excluding carboxylic acids is 1. The maximum absolute atomic E-state index is 13.1. The van der Waals surface area contributed by atoms with Crippen LogP contribution >= 0.6 is 0 Å². The molecule has 0 unspecified atom stereocenters. The highest BCUT2D eigenvalue weighted by atomic mass is 32.2. The van der Waals surface area contributed by atoms with Gasteiger partial charge in [0.05, 0.1) is 12.4 Å². The van der Waals surface area contributed by atoms with E-state index in [2.05, 4.69) is 10.2 Å². The molecule has 150 valence electrons. The molecule has 2 fully saturated rings. The molecule has 1 N–H and O–H groups in total. The quantitative estimate of drug-likeness (QED) is 0.833. The number of hydrogen-bond donors (Lipinski definition) is 1. The Morgan fingerprint density at radius 3 is 2.64 bits per heavy atom. The van der Waals surface area contributed by atoms with E-state index in [-0.39, 0.29) is 11.8 Å². The van der Waals surface area contributed by atoms with Crippen LogP contribution in [0.2, 0.25) is 0 Å². The number of ether oxygens (including phenoxy) is 1. The Balaban J connectivity index is 1.44. The zero-order chi connectivity index (χ0) is 19.7. The number of amides is 1. The molecule has 2 saturated heterocycles. The van der Waals surface area contributed by atoms with Crippen LogP contribution in [0.4, 0.5) is 0 Å². The molecule has 0 aliphatic carbocycles. The van der Waals surface area contributed by atoms with Gasteiger partial charge in [0.1, 0.15) is 11.4 Å². The Hall–Kier alpha value is -2.39. The maximum Gasteiger partial charge on any atom is 0.271 e. The van der Waals surface area contributed by atoms with Gasteiger partial charge in [-0.15, -0.1) is 0 Å². The zero-order valence-electron chi connectivity index (χ0n) is 15.7. The fourth-order valence-corrected chi connectivity index (χ4v) is 6.36. The molecule has 28 heavy (non-hydrogen) atoms. The number of fused-ring (bicyclic) bond motifs is 1. The largest absolute Gasteiger partial charge is 0.497 e. The highest BCUT2D eigenvalue weighted by Crippen LogP contribution is 2.35. The highest BCUT2D eigenvalue weighted by molar-refractivity contribution is 7.90. The normalized spacial score (nSPS) is 24.5. The molecule has 1 aromatic carbocycles. The van der Waals surface area contributed by atoms with Gasteiger partial charge in [0.15, 0.2) is 0 Å². The van der Waals surface area contributed by atoms with E-state index in [0.29, 0.717) is 44.7 Å². The van der Waals surface area contributed by atoms with Crippen molar-refractivity contribution in [2.45, 2.75) is 24.6 Å². The summed E-state index contributed by atoms with van der Waals surface area (Å²) in [7, 11) is -1.78. The minimum Gasteiger partial charge on any atom is -0.497 e. The summed E-state index contributed by atoms with van der Waals surface area (Å²) in [5.74, 6) is 0.674. The van der Waals surface area contributed by atoms with Crippen molar-refractivity contribution in [3.05, 3.63) is 47.8 Å². The van der Waals surface area contributed by atoms with Crippen LogP contribution in [0.5, 0.6) is 5.75 Å². The summed E-state index contributed by atoms with van der Waals surface area (Å²) in [6.45, 7) is 1.88. The van der Waals surface area contributed by atoms with Crippen molar-refractivity contribution in [1.29, 1.82) is 0 Å². The fourth-order valence-electron chi connectivity index (χ4n) is 4.13.